The molecule has 0 saturated carbocycles. The SMILES string of the molecule is CC(=O)/C=C/CC(=O)O.O=C1CCC(C(=O)O)O1.O=C1CC[C@@H](C(=O)O)O1.O=C1CC[C@H](C(=O)O)O1. The van der Waals surface area contributed by atoms with Crippen molar-refractivity contribution in [2.75, 3.05) is 0 Å². The molecule has 15 heteroatoms. The molecule has 4 N–H and O–H groups in total. The van der Waals surface area contributed by atoms with Crippen LogP contribution >= 0.6 is 0 Å². The minimum absolute atomic E-state index is 0.0837. The second-order valence-corrected chi connectivity index (χ2v) is 7.18. The average molecular weight is 518 g/mol. The largest absolute Gasteiger partial charge is 0.481 e. The Morgan fingerprint density at radius 1 is 0.694 bits per heavy atom. The highest BCUT2D eigenvalue weighted by Gasteiger charge is 2.30. The van der Waals surface area contributed by atoms with Gasteiger partial charge in [0.1, 0.15) is 0 Å². The van der Waals surface area contributed by atoms with Gasteiger partial charge in [-0.15, -0.1) is 0 Å². The van der Waals surface area contributed by atoms with Gasteiger partial charge in [0.2, 0.25) is 0 Å². The molecule has 200 valence electrons. The Morgan fingerprint density at radius 2 is 1.00 bits per heavy atom. The first-order valence-corrected chi connectivity index (χ1v) is 10.4. The first-order valence-electron chi connectivity index (χ1n) is 10.4. The highest BCUT2D eigenvalue weighted by atomic mass is 16.6. The van der Waals surface area contributed by atoms with Crippen molar-refractivity contribution in [2.24, 2.45) is 0 Å². The molecular formula is C21H26O15. The van der Waals surface area contributed by atoms with Crippen LogP contribution in [-0.4, -0.2) is 86.3 Å². The van der Waals surface area contributed by atoms with Crippen LogP contribution in [0.3, 0.4) is 0 Å². The number of allylic oxidation sites excluding steroid dienone is 1. The summed E-state index contributed by atoms with van der Waals surface area (Å²) in [6.07, 6.45) is 1.45. The number of carbonyl (C=O) groups is 8. The Kier molecular flexibility index (Phi) is 14.4. The fourth-order valence-corrected chi connectivity index (χ4v) is 2.42. The van der Waals surface area contributed by atoms with Crippen LogP contribution < -0.4 is 0 Å². The van der Waals surface area contributed by atoms with E-state index in [2.05, 4.69) is 14.2 Å². The lowest BCUT2D eigenvalue weighted by Crippen LogP contribution is -2.18. The predicted molar refractivity (Wildman–Crippen MR) is 112 cm³/mol. The zero-order chi connectivity index (χ0) is 27.8. The number of rotatable bonds is 6. The molecule has 3 rings (SSSR count). The van der Waals surface area contributed by atoms with E-state index in [-0.39, 0.29) is 31.5 Å². The fraction of sp³-hybridized carbons (Fsp3) is 0.524. The van der Waals surface area contributed by atoms with E-state index in [1.165, 1.54) is 19.1 Å². The number of aliphatic carboxylic acids is 4. The fourth-order valence-electron chi connectivity index (χ4n) is 2.42. The molecule has 0 aromatic heterocycles. The summed E-state index contributed by atoms with van der Waals surface area (Å²) < 4.78 is 13.2. The molecule has 36 heavy (non-hydrogen) atoms. The summed E-state index contributed by atoms with van der Waals surface area (Å²) >= 11 is 0. The van der Waals surface area contributed by atoms with Gasteiger partial charge in [0, 0.05) is 38.5 Å². The van der Waals surface area contributed by atoms with Crippen molar-refractivity contribution >= 4 is 47.6 Å². The number of hydrogen-bond acceptors (Lipinski definition) is 11. The number of ether oxygens (including phenoxy) is 3. The number of cyclic esters (lactones) is 3. The van der Waals surface area contributed by atoms with Crippen LogP contribution in [0, 0.1) is 0 Å². The minimum atomic E-state index is -1.05. The van der Waals surface area contributed by atoms with E-state index in [9.17, 15) is 38.4 Å². The Balaban J connectivity index is 0.000000454. The van der Waals surface area contributed by atoms with E-state index in [0.29, 0.717) is 19.3 Å². The molecule has 3 aliphatic heterocycles. The average Bonchev–Trinajstić information content (AvgIpc) is 3.50. The zero-order valence-electron chi connectivity index (χ0n) is 19.1. The molecule has 15 nitrogen and oxygen atoms in total. The molecule has 3 saturated heterocycles. The molecule has 0 aromatic carbocycles. The lowest BCUT2D eigenvalue weighted by Gasteiger charge is -1.99. The second-order valence-electron chi connectivity index (χ2n) is 7.18. The van der Waals surface area contributed by atoms with Gasteiger partial charge in [-0.05, 0) is 13.0 Å². The second kappa shape index (κ2) is 16.3. The van der Waals surface area contributed by atoms with Gasteiger partial charge in [-0.2, -0.15) is 0 Å². The third-order valence-electron chi connectivity index (χ3n) is 4.12. The van der Waals surface area contributed by atoms with Crippen LogP contribution in [0.15, 0.2) is 12.2 Å². The zero-order valence-corrected chi connectivity index (χ0v) is 19.1. The molecule has 0 radical (unpaired) electrons. The van der Waals surface area contributed by atoms with E-state index in [1.807, 2.05) is 0 Å². The Labute approximate surface area is 203 Å². The molecule has 0 bridgehead atoms. The molecule has 0 spiro atoms. The van der Waals surface area contributed by atoms with Crippen LogP contribution in [0.4, 0.5) is 0 Å². The number of esters is 3. The Morgan fingerprint density at radius 3 is 1.14 bits per heavy atom. The summed E-state index contributed by atoms with van der Waals surface area (Å²) in [4.78, 5) is 81.0. The van der Waals surface area contributed by atoms with Crippen molar-refractivity contribution in [3.63, 3.8) is 0 Å². The van der Waals surface area contributed by atoms with Crippen LogP contribution in [0.5, 0.6) is 0 Å². The van der Waals surface area contributed by atoms with Crippen molar-refractivity contribution in [3.05, 3.63) is 12.2 Å². The monoisotopic (exact) mass is 518 g/mol. The third kappa shape index (κ3) is 14.8. The van der Waals surface area contributed by atoms with Crippen molar-refractivity contribution in [2.45, 2.75) is 70.2 Å². The van der Waals surface area contributed by atoms with Crippen molar-refractivity contribution < 1.29 is 73.0 Å². The van der Waals surface area contributed by atoms with Crippen molar-refractivity contribution in [1.82, 2.24) is 0 Å². The highest BCUT2D eigenvalue weighted by molar-refractivity contribution is 5.87. The lowest BCUT2D eigenvalue weighted by molar-refractivity contribution is -0.156. The van der Waals surface area contributed by atoms with Crippen molar-refractivity contribution in [3.8, 4) is 0 Å². The van der Waals surface area contributed by atoms with Crippen LogP contribution in [-0.2, 0) is 52.6 Å². The molecular weight excluding hydrogens is 492 g/mol. The van der Waals surface area contributed by atoms with Gasteiger partial charge in [0.05, 0.1) is 6.42 Å². The van der Waals surface area contributed by atoms with Gasteiger partial charge >= 0.3 is 41.8 Å². The molecule has 1 unspecified atom stereocenters. The first-order chi connectivity index (χ1) is 16.7. The van der Waals surface area contributed by atoms with E-state index >= 15 is 0 Å². The van der Waals surface area contributed by atoms with Gasteiger partial charge in [-0.25, -0.2) is 14.4 Å². The normalized spacial score (nSPS) is 21.8. The molecule has 0 amide bonds. The smallest absolute Gasteiger partial charge is 0.345 e. The van der Waals surface area contributed by atoms with Crippen LogP contribution in [0.2, 0.25) is 0 Å². The molecule has 3 fully saturated rings. The summed E-state index contributed by atoms with van der Waals surface area (Å²) in [6, 6.07) is 0. The van der Waals surface area contributed by atoms with Crippen molar-refractivity contribution in [1.29, 1.82) is 0 Å². The summed E-state index contributed by atoms with van der Waals surface area (Å²) in [5, 5.41) is 32.8. The first kappa shape index (κ1) is 31.7. The van der Waals surface area contributed by atoms with Gasteiger partial charge < -0.3 is 34.6 Å². The summed E-state index contributed by atoms with van der Waals surface area (Å²) in [6.45, 7) is 1.37. The standard InChI is InChI=1S/C6H8O3.3C5H6O4/c1-5(7)3-2-4-6(8)9;3*6-4-2-1-3(9-4)5(7)8/h2-3H,4H2,1H3,(H,8,9);3*3H,1-2H2,(H,7,8)/b3-2+;;;/t;2*3-;/m.10./s1. The van der Waals surface area contributed by atoms with Crippen LogP contribution in [0.25, 0.3) is 0 Å². The van der Waals surface area contributed by atoms with Crippen LogP contribution in [0.1, 0.15) is 51.9 Å². The van der Waals surface area contributed by atoms with Gasteiger partial charge in [0.15, 0.2) is 24.1 Å². The molecule has 0 aliphatic carbocycles. The van der Waals surface area contributed by atoms with E-state index in [1.54, 1.807) is 0 Å². The molecule has 3 atom stereocenters. The number of carboxylic acid groups (broad SMARTS) is 4. The number of hydrogen-bond donors (Lipinski definition) is 4. The maximum Gasteiger partial charge on any atom is 0.345 e. The maximum absolute atomic E-state index is 10.3. The quantitative estimate of drug-likeness (QED) is 0.204. The predicted octanol–water partition coefficient (Wildman–Crippen LogP) is -0.0639. The Bertz CT molecular complexity index is 802. The topological polar surface area (TPSA) is 245 Å². The van der Waals surface area contributed by atoms with E-state index in [4.69, 9.17) is 20.4 Å². The van der Waals surface area contributed by atoms with Gasteiger partial charge in [-0.1, -0.05) is 6.08 Å². The molecule has 0 aromatic rings. The van der Waals surface area contributed by atoms with Gasteiger partial charge in [-0.3, -0.25) is 24.0 Å². The Hall–Kier alpha value is -4.30. The number of carboxylic acids is 4. The minimum Gasteiger partial charge on any atom is -0.481 e. The highest BCUT2D eigenvalue weighted by Crippen LogP contribution is 2.14. The third-order valence-corrected chi connectivity index (χ3v) is 4.12. The molecule has 3 aliphatic rings. The van der Waals surface area contributed by atoms with E-state index < -0.39 is 60.1 Å². The van der Waals surface area contributed by atoms with Gasteiger partial charge in [0.25, 0.3) is 0 Å². The maximum atomic E-state index is 10.3. The summed E-state index contributed by atoms with van der Waals surface area (Å²) in [7, 11) is 0. The molecule has 3 heterocycles. The number of ketones is 1. The van der Waals surface area contributed by atoms with E-state index in [0.717, 1.165) is 0 Å². The summed E-state index contributed by atoms with van der Waals surface area (Å²) in [5.41, 5.74) is 0. The number of carbonyl (C=O) groups excluding carboxylic acids is 4. The lowest BCUT2D eigenvalue weighted by atomic mass is 10.2. The summed E-state index contributed by atoms with van der Waals surface area (Å²) in [5.74, 6) is -5.46.